The lowest BCUT2D eigenvalue weighted by atomic mass is 10.1. The number of aromatic nitrogens is 2. The number of hydrazine groups is 1. The largest absolute Gasteiger partial charge is 0.313 e. The van der Waals surface area contributed by atoms with Gasteiger partial charge in [0, 0.05) is 29.1 Å². The summed E-state index contributed by atoms with van der Waals surface area (Å²) in [5.74, 6) is 5.42. The molecule has 0 saturated carbocycles. The molecule has 0 fully saturated rings. The fraction of sp³-hybridized carbons (Fsp3) is 0.333. The van der Waals surface area contributed by atoms with Gasteiger partial charge in [0.15, 0.2) is 0 Å². The Hall–Kier alpha value is -1.21. The normalized spacial score (nSPS) is 12.7. The molecule has 0 radical (unpaired) electrons. The Labute approximate surface area is 121 Å². The van der Waals surface area contributed by atoms with Crippen molar-refractivity contribution < 1.29 is 0 Å². The van der Waals surface area contributed by atoms with Crippen LogP contribution in [0.2, 0.25) is 5.02 Å². The van der Waals surface area contributed by atoms with Crippen molar-refractivity contribution >= 4 is 28.1 Å². The van der Waals surface area contributed by atoms with Crippen LogP contribution in [-0.4, -0.2) is 21.5 Å². The molecule has 0 spiro atoms. The molecular weight excluding hydrogens is 282 g/mol. The number of nitrogen functional groups attached to an aromatic ring is 1. The van der Waals surface area contributed by atoms with Crippen molar-refractivity contribution in [3.8, 4) is 0 Å². The standard InChI is InChI=1S/C12H16ClN5S/c1-8(9-3-5-10(13)6-4-9)18(2)7-11-12(15-14)19-17-16-11/h3-6,8,15H,7,14H2,1-2H3. The van der Waals surface area contributed by atoms with E-state index in [1.54, 1.807) is 0 Å². The zero-order valence-electron chi connectivity index (χ0n) is 10.8. The van der Waals surface area contributed by atoms with Gasteiger partial charge >= 0.3 is 0 Å². The van der Waals surface area contributed by atoms with Crippen LogP contribution in [0.5, 0.6) is 0 Å². The predicted molar refractivity (Wildman–Crippen MR) is 79.1 cm³/mol. The number of benzene rings is 1. The lowest BCUT2D eigenvalue weighted by Gasteiger charge is -2.24. The van der Waals surface area contributed by atoms with Crippen LogP contribution in [0.25, 0.3) is 0 Å². The van der Waals surface area contributed by atoms with Gasteiger partial charge in [-0.25, -0.2) is 5.84 Å². The lowest BCUT2D eigenvalue weighted by molar-refractivity contribution is 0.250. The smallest absolute Gasteiger partial charge is 0.148 e. The zero-order valence-corrected chi connectivity index (χ0v) is 12.4. The van der Waals surface area contributed by atoms with Crippen LogP contribution in [0.15, 0.2) is 24.3 Å². The molecule has 0 amide bonds. The Morgan fingerprint density at radius 3 is 2.74 bits per heavy atom. The molecule has 1 unspecified atom stereocenters. The topological polar surface area (TPSA) is 67.1 Å². The van der Waals surface area contributed by atoms with E-state index < -0.39 is 0 Å². The summed E-state index contributed by atoms with van der Waals surface area (Å²) in [4.78, 5) is 2.18. The molecule has 0 aliphatic heterocycles. The van der Waals surface area contributed by atoms with Gasteiger partial charge in [-0.15, -0.1) is 5.10 Å². The summed E-state index contributed by atoms with van der Waals surface area (Å²) in [5, 5.41) is 5.63. The highest BCUT2D eigenvalue weighted by Gasteiger charge is 2.15. The highest BCUT2D eigenvalue weighted by atomic mass is 35.5. The highest BCUT2D eigenvalue weighted by molar-refractivity contribution is 7.10. The summed E-state index contributed by atoms with van der Waals surface area (Å²) < 4.78 is 3.89. The van der Waals surface area contributed by atoms with E-state index in [0.717, 1.165) is 15.7 Å². The second-order valence-electron chi connectivity index (χ2n) is 4.34. The van der Waals surface area contributed by atoms with Crippen LogP contribution in [-0.2, 0) is 6.54 Å². The molecule has 1 heterocycles. The van der Waals surface area contributed by atoms with Gasteiger partial charge in [0.1, 0.15) is 10.7 Å². The molecule has 1 atom stereocenters. The van der Waals surface area contributed by atoms with Gasteiger partial charge in [-0.2, -0.15) is 0 Å². The number of anilines is 1. The first-order chi connectivity index (χ1) is 9.11. The van der Waals surface area contributed by atoms with E-state index in [9.17, 15) is 0 Å². The fourth-order valence-electron chi connectivity index (χ4n) is 1.79. The third kappa shape index (κ3) is 3.42. The Morgan fingerprint density at radius 2 is 2.11 bits per heavy atom. The Kier molecular flexibility index (Phi) is 4.71. The van der Waals surface area contributed by atoms with E-state index in [1.807, 2.05) is 31.3 Å². The third-order valence-electron chi connectivity index (χ3n) is 3.10. The van der Waals surface area contributed by atoms with E-state index in [4.69, 9.17) is 17.4 Å². The summed E-state index contributed by atoms with van der Waals surface area (Å²) in [6.45, 7) is 2.82. The van der Waals surface area contributed by atoms with E-state index in [0.29, 0.717) is 6.54 Å². The molecule has 102 valence electrons. The van der Waals surface area contributed by atoms with Crippen molar-refractivity contribution in [2.45, 2.75) is 19.5 Å². The second kappa shape index (κ2) is 6.29. The quantitative estimate of drug-likeness (QED) is 0.656. The van der Waals surface area contributed by atoms with Gasteiger partial charge in [0.05, 0.1) is 0 Å². The average molecular weight is 298 g/mol. The van der Waals surface area contributed by atoms with Crippen LogP contribution in [0, 0.1) is 0 Å². The second-order valence-corrected chi connectivity index (χ2v) is 5.53. The molecule has 0 aliphatic rings. The van der Waals surface area contributed by atoms with E-state index >= 15 is 0 Å². The first-order valence-electron chi connectivity index (χ1n) is 5.85. The molecule has 0 saturated heterocycles. The van der Waals surface area contributed by atoms with E-state index in [2.05, 4.69) is 26.8 Å². The Balaban J connectivity index is 2.07. The number of nitrogens with two attached hydrogens (primary N) is 1. The maximum Gasteiger partial charge on any atom is 0.148 e. The molecule has 3 N–H and O–H groups in total. The molecule has 0 aliphatic carbocycles. The lowest BCUT2D eigenvalue weighted by Crippen LogP contribution is -2.23. The summed E-state index contributed by atoms with van der Waals surface area (Å²) >= 11 is 7.16. The van der Waals surface area contributed by atoms with Crippen molar-refractivity contribution in [1.82, 2.24) is 14.5 Å². The maximum atomic E-state index is 5.90. The van der Waals surface area contributed by atoms with Crippen LogP contribution in [0.4, 0.5) is 5.00 Å². The Morgan fingerprint density at radius 1 is 1.42 bits per heavy atom. The van der Waals surface area contributed by atoms with Crippen LogP contribution in [0.1, 0.15) is 24.2 Å². The maximum absolute atomic E-state index is 5.90. The monoisotopic (exact) mass is 297 g/mol. The summed E-state index contributed by atoms with van der Waals surface area (Å²) in [6.07, 6.45) is 0. The summed E-state index contributed by atoms with van der Waals surface area (Å²) in [7, 11) is 2.04. The van der Waals surface area contributed by atoms with Gasteiger partial charge in [0.25, 0.3) is 0 Å². The first-order valence-corrected chi connectivity index (χ1v) is 7.00. The minimum Gasteiger partial charge on any atom is -0.313 e. The number of nitrogens with one attached hydrogen (secondary N) is 1. The first kappa shape index (κ1) is 14.2. The minimum atomic E-state index is 0.254. The third-order valence-corrected chi connectivity index (χ3v) is 4.05. The molecule has 1 aromatic carbocycles. The Bertz CT molecular complexity index is 527. The molecule has 0 bridgehead atoms. The summed E-state index contributed by atoms with van der Waals surface area (Å²) in [5.41, 5.74) is 4.68. The highest BCUT2D eigenvalue weighted by Crippen LogP contribution is 2.24. The number of rotatable bonds is 5. The fourth-order valence-corrected chi connectivity index (χ4v) is 2.40. The van der Waals surface area contributed by atoms with Crippen LogP contribution in [0.3, 0.4) is 0 Å². The van der Waals surface area contributed by atoms with E-state index in [1.165, 1.54) is 17.1 Å². The summed E-state index contributed by atoms with van der Waals surface area (Å²) in [6, 6.07) is 8.12. The number of nitrogens with zero attached hydrogens (tertiary/aromatic N) is 3. The van der Waals surface area contributed by atoms with Crippen LogP contribution < -0.4 is 11.3 Å². The molecule has 19 heavy (non-hydrogen) atoms. The van der Waals surface area contributed by atoms with Gasteiger partial charge in [-0.1, -0.05) is 28.2 Å². The molecule has 5 nitrogen and oxygen atoms in total. The molecule has 2 rings (SSSR count). The molecule has 1 aromatic heterocycles. The van der Waals surface area contributed by atoms with Gasteiger partial charge in [-0.3, -0.25) is 4.90 Å². The zero-order chi connectivity index (χ0) is 13.8. The van der Waals surface area contributed by atoms with Crippen molar-refractivity contribution in [3.05, 3.63) is 40.5 Å². The van der Waals surface area contributed by atoms with Crippen molar-refractivity contribution in [2.75, 3.05) is 12.5 Å². The number of halogens is 1. The number of hydrogen-bond donors (Lipinski definition) is 2. The minimum absolute atomic E-state index is 0.254. The average Bonchev–Trinajstić information content (AvgIpc) is 2.86. The van der Waals surface area contributed by atoms with Gasteiger partial charge < -0.3 is 5.43 Å². The van der Waals surface area contributed by atoms with Crippen molar-refractivity contribution in [1.29, 1.82) is 0 Å². The molecular formula is C12H16ClN5S. The van der Waals surface area contributed by atoms with Crippen LogP contribution >= 0.6 is 23.1 Å². The van der Waals surface area contributed by atoms with Gasteiger partial charge in [-0.05, 0) is 31.7 Å². The van der Waals surface area contributed by atoms with Gasteiger partial charge in [0.2, 0.25) is 0 Å². The molecule has 2 aromatic rings. The van der Waals surface area contributed by atoms with Crippen molar-refractivity contribution in [2.24, 2.45) is 5.84 Å². The SMILES string of the molecule is CC(c1ccc(Cl)cc1)N(C)Cc1nnsc1NN. The van der Waals surface area contributed by atoms with Crippen molar-refractivity contribution in [3.63, 3.8) is 0 Å². The number of hydrogen-bond acceptors (Lipinski definition) is 6. The predicted octanol–water partition coefficient (Wildman–Crippen LogP) is 2.67. The van der Waals surface area contributed by atoms with E-state index in [-0.39, 0.29) is 6.04 Å². The molecule has 7 heteroatoms.